The van der Waals surface area contributed by atoms with Gasteiger partial charge in [-0.1, -0.05) is 31.2 Å². The second-order valence-electron chi connectivity index (χ2n) is 5.97. The fourth-order valence-corrected chi connectivity index (χ4v) is 2.84. The van der Waals surface area contributed by atoms with Crippen molar-refractivity contribution in [3.05, 3.63) is 24.3 Å². The smallest absolute Gasteiger partial charge is 0.303 e. The Morgan fingerprint density at radius 1 is 1.27 bits per heavy atom. The fraction of sp³-hybridized carbons (Fsp3) is 0.706. The molecule has 0 aromatic heterocycles. The van der Waals surface area contributed by atoms with Crippen LogP contribution in [0.5, 0.6) is 0 Å². The molecule has 0 amide bonds. The molecule has 1 rings (SSSR count). The Bertz CT molecular complexity index is 391. The summed E-state index contributed by atoms with van der Waals surface area (Å²) in [5, 5.41) is 38.2. The van der Waals surface area contributed by atoms with Crippen molar-refractivity contribution >= 4 is 5.97 Å². The SMILES string of the molecule is CCC(O)/C=C/C1C(O)CC(O)C1C/C=C/CCCC(=O)O. The lowest BCUT2D eigenvalue weighted by molar-refractivity contribution is -0.137. The molecule has 4 N–H and O–H groups in total. The molecule has 0 heterocycles. The lowest BCUT2D eigenvalue weighted by Gasteiger charge is -2.19. The molecule has 5 unspecified atom stereocenters. The van der Waals surface area contributed by atoms with Crippen molar-refractivity contribution in [2.24, 2.45) is 11.8 Å². The molecule has 0 aromatic carbocycles. The van der Waals surface area contributed by atoms with Crippen LogP contribution in [0.3, 0.4) is 0 Å². The number of hydrogen-bond donors (Lipinski definition) is 4. The summed E-state index contributed by atoms with van der Waals surface area (Å²) in [4.78, 5) is 10.4. The molecule has 1 aliphatic rings. The first-order valence-corrected chi connectivity index (χ1v) is 8.05. The van der Waals surface area contributed by atoms with Crippen molar-refractivity contribution in [3.8, 4) is 0 Å². The highest BCUT2D eigenvalue weighted by atomic mass is 16.4. The highest BCUT2D eigenvalue weighted by Crippen LogP contribution is 2.36. The molecule has 0 spiro atoms. The van der Waals surface area contributed by atoms with Gasteiger partial charge in [-0.2, -0.15) is 0 Å². The number of carboxylic acids is 1. The standard InChI is InChI=1S/C17H28O5/c1-2-12(18)9-10-14-13(15(19)11-16(14)20)7-5-3-4-6-8-17(21)22/h3,5,9-10,12-16,18-20H,2,4,6-8,11H2,1H3,(H,21,22)/b5-3+,10-9+. The van der Waals surface area contributed by atoms with E-state index < -0.39 is 24.3 Å². The molecule has 1 saturated carbocycles. The third-order valence-corrected chi connectivity index (χ3v) is 4.23. The van der Waals surface area contributed by atoms with E-state index in [1.807, 2.05) is 25.2 Å². The van der Waals surface area contributed by atoms with Gasteiger partial charge in [0.2, 0.25) is 0 Å². The van der Waals surface area contributed by atoms with Crippen LogP contribution in [-0.4, -0.2) is 44.7 Å². The minimum atomic E-state index is -0.789. The van der Waals surface area contributed by atoms with Crippen LogP contribution in [0.4, 0.5) is 0 Å². The van der Waals surface area contributed by atoms with Crippen LogP contribution in [0.25, 0.3) is 0 Å². The number of carboxylic acid groups (broad SMARTS) is 1. The van der Waals surface area contributed by atoms with Gasteiger partial charge in [-0.25, -0.2) is 0 Å². The molecule has 0 aliphatic heterocycles. The molecule has 0 aromatic rings. The van der Waals surface area contributed by atoms with Crippen molar-refractivity contribution < 1.29 is 25.2 Å². The van der Waals surface area contributed by atoms with Crippen LogP contribution in [-0.2, 0) is 4.79 Å². The van der Waals surface area contributed by atoms with Crippen molar-refractivity contribution in [1.29, 1.82) is 0 Å². The molecular weight excluding hydrogens is 284 g/mol. The lowest BCUT2D eigenvalue weighted by atomic mass is 9.89. The Morgan fingerprint density at radius 3 is 2.64 bits per heavy atom. The number of unbranched alkanes of at least 4 members (excludes halogenated alkanes) is 1. The molecule has 22 heavy (non-hydrogen) atoms. The number of carbonyl (C=O) groups is 1. The molecule has 0 saturated heterocycles. The van der Waals surface area contributed by atoms with E-state index in [-0.39, 0.29) is 18.3 Å². The van der Waals surface area contributed by atoms with Crippen LogP contribution >= 0.6 is 0 Å². The molecule has 0 bridgehead atoms. The Morgan fingerprint density at radius 2 is 2.00 bits per heavy atom. The first kappa shape index (κ1) is 18.9. The number of aliphatic hydroxyl groups is 3. The Labute approximate surface area is 132 Å². The van der Waals surface area contributed by atoms with Crippen molar-refractivity contribution in [2.75, 3.05) is 0 Å². The van der Waals surface area contributed by atoms with E-state index in [0.29, 0.717) is 32.1 Å². The zero-order valence-electron chi connectivity index (χ0n) is 13.1. The van der Waals surface area contributed by atoms with E-state index in [9.17, 15) is 20.1 Å². The maximum atomic E-state index is 10.4. The average Bonchev–Trinajstić information content (AvgIpc) is 2.73. The lowest BCUT2D eigenvalue weighted by Crippen LogP contribution is -2.20. The van der Waals surface area contributed by atoms with E-state index >= 15 is 0 Å². The van der Waals surface area contributed by atoms with E-state index in [2.05, 4.69) is 0 Å². The minimum Gasteiger partial charge on any atom is -0.481 e. The summed E-state index contributed by atoms with van der Waals surface area (Å²) < 4.78 is 0. The minimum absolute atomic E-state index is 0.0639. The Kier molecular flexibility index (Phi) is 8.38. The van der Waals surface area contributed by atoms with Crippen molar-refractivity contribution in [1.82, 2.24) is 0 Å². The summed E-state index contributed by atoms with van der Waals surface area (Å²) in [6.07, 6.45) is 8.83. The van der Waals surface area contributed by atoms with E-state index in [1.54, 1.807) is 6.08 Å². The summed E-state index contributed by atoms with van der Waals surface area (Å²) >= 11 is 0. The maximum absolute atomic E-state index is 10.4. The first-order valence-electron chi connectivity index (χ1n) is 8.05. The molecule has 5 atom stereocenters. The quantitative estimate of drug-likeness (QED) is 0.385. The molecule has 1 fully saturated rings. The van der Waals surface area contributed by atoms with Gasteiger partial charge in [-0.3, -0.25) is 4.79 Å². The summed E-state index contributed by atoms with van der Waals surface area (Å²) in [6.45, 7) is 1.88. The zero-order valence-corrected chi connectivity index (χ0v) is 13.1. The number of allylic oxidation sites excluding steroid dienone is 2. The second kappa shape index (κ2) is 9.77. The molecule has 5 heteroatoms. The zero-order chi connectivity index (χ0) is 16.5. The van der Waals surface area contributed by atoms with Gasteiger partial charge in [-0.05, 0) is 31.6 Å². The topological polar surface area (TPSA) is 98.0 Å². The third kappa shape index (κ3) is 6.30. The predicted molar refractivity (Wildman–Crippen MR) is 84.3 cm³/mol. The van der Waals surface area contributed by atoms with Crippen LogP contribution in [0.2, 0.25) is 0 Å². The number of aliphatic carboxylic acids is 1. The van der Waals surface area contributed by atoms with Gasteiger partial charge in [-0.15, -0.1) is 0 Å². The highest BCUT2D eigenvalue weighted by Gasteiger charge is 2.39. The van der Waals surface area contributed by atoms with Gasteiger partial charge in [0.05, 0.1) is 18.3 Å². The van der Waals surface area contributed by atoms with Gasteiger partial charge in [0, 0.05) is 18.8 Å². The summed E-state index contributed by atoms with van der Waals surface area (Å²) in [7, 11) is 0. The Hall–Kier alpha value is -1.17. The van der Waals surface area contributed by atoms with Crippen LogP contribution < -0.4 is 0 Å². The van der Waals surface area contributed by atoms with E-state index in [1.165, 1.54) is 0 Å². The normalized spacial score (nSPS) is 30.4. The van der Waals surface area contributed by atoms with Crippen LogP contribution in [0.1, 0.15) is 45.4 Å². The monoisotopic (exact) mass is 312 g/mol. The first-order chi connectivity index (χ1) is 10.5. The molecule has 0 radical (unpaired) electrons. The third-order valence-electron chi connectivity index (χ3n) is 4.23. The highest BCUT2D eigenvalue weighted by molar-refractivity contribution is 5.66. The largest absolute Gasteiger partial charge is 0.481 e. The van der Waals surface area contributed by atoms with Crippen molar-refractivity contribution in [3.63, 3.8) is 0 Å². The Balaban J connectivity index is 2.48. The second-order valence-corrected chi connectivity index (χ2v) is 5.97. The van der Waals surface area contributed by atoms with Crippen LogP contribution in [0, 0.1) is 11.8 Å². The summed E-state index contributed by atoms with van der Waals surface area (Å²) in [5.41, 5.74) is 0. The number of aliphatic hydroxyl groups excluding tert-OH is 3. The van der Waals surface area contributed by atoms with Gasteiger partial charge in [0.15, 0.2) is 0 Å². The van der Waals surface area contributed by atoms with E-state index in [0.717, 1.165) is 0 Å². The summed E-state index contributed by atoms with van der Waals surface area (Å²) in [6, 6.07) is 0. The fourth-order valence-electron chi connectivity index (χ4n) is 2.84. The molecule has 5 nitrogen and oxygen atoms in total. The van der Waals surface area contributed by atoms with Crippen molar-refractivity contribution in [2.45, 2.75) is 63.8 Å². The molecule has 1 aliphatic carbocycles. The maximum Gasteiger partial charge on any atom is 0.303 e. The average molecular weight is 312 g/mol. The van der Waals surface area contributed by atoms with Gasteiger partial charge >= 0.3 is 5.97 Å². The number of hydrogen-bond acceptors (Lipinski definition) is 4. The number of rotatable bonds is 9. The van der Waals surface area contributed by atoms with Gasteiger partial charge in [0.25, 0.3) is 0 Å². The summed E-state index contributed by atoms with van der Waals surface area (Å²) in [5.74, 6) is -1.01. The molecule has 126 valence electrons. The molecular formula is C17H28O5. The van der Waals surface area contributed by atoms with Gasteiger partial charge < -0.3 is 20.4 Å². The van der Waals surface area contributed by atoms with Crippen LogP contribution in [0.15, 0.2) is 24.3 Å². The van der Waals surface area contributed by atoms with E-state index in [4.69, 9.17) is 5.11 Å². The van der Waals surface area contributed by atoms with Gasteiger partial charge in [0.1, 0.15) is 0 Å². The predicted octanol–water partition coefficient (Wildman–Crippen LogP) is 1.87.